The fourth-order valence-corrected chi connectivity index (χ4v) is 3.74. The molecule has 0 aliphatic rings. The second-order valence-electron chi connectivity index (χ2n) is 8.79. The first-order valence-corrected chi connectivity index (χ1v) is 12.7. The molecule has 0 atom stereocenters. The van der Waals surface area contributed by atoms with Crippen molar-refractivity contribution in [1.82, 2.24) is 0 Å². The summed E-state index contributed by atoms with van der Waals surface area (Å²) in [5.74, 6) is 0. The van der Waals surface area contributed by atoms with Gasteiger partial charge in [0.15, 0.2) is 0 Å². The van der Waals surface area contributed by atoms with Crippen molar-refractivity contribution >= 4 is 24.3 Å². The van der Waals surface area contributed by atoms with Gasteiger partial charge in [-0.15, -0.1) is 0 Å². The summed E-state index contributed by atoms with van der Waals surface area (Å²) in [6.45, 7) is 4.47. The lowest BCUT2D eigenvalue weighted by molar-refractivity contribution is 0.795. The van der Waals surface area contributed by atoms with Gasteiger partial charge in [0.2, 0.25) is 0 Å². The lowest BCUT2D eigenvalue weighted by Gasteiger charge is -2.00. The van der Waals surface area contributed by atoms with Gasteiger partial charge in [-0.2, -0.15) is 0 Å². The van der Waals surface area contributed by atoms with E-state index in [0.717, 1.165) is 0 Å². The number of hydrogen-bond acceptors (Lipinski definition) is 0. The molecule has 0 spiro atoms. The largest absolute Gasteiger partial charge is 0.0654 e. The number of aryl methyl sites for hydroxylation is 2. The molecule has 0 aliphatic carbocycles. The molecular weight excluding hydrogens is 408 g/mol. The van der Waals surface area contributed by atoms with E-state index in [1.165, 1.54) is 71.9 Å². The molecule has 3 aromatic carbocycles. The lowest BCUT2D eigenvalue weighted by atomic mass is 10.1. The Morgan fingerprint density at radius 2 is 0.676 bits per heavy atom. The minimum absolute atomic E-state index is 1.18. The second-order valence-corrected chi connectivity index (χ2v) is 8.79. The third kappa shape index (κ3) is 9.24. The average molecular weight is 447 g/mol. The summed E-state index contributed by atoms with van der Waals surface area (Å²) < 4.78 is 0. The van der Waals surface area contributed by atoms with Gasteiger partial charge in [-0.25, -0.2) is 0 Å². The van der Waals surface area contributed by atoms with Crippen LogP contribution >= 0.6 is 0 Å². The zero-order chi connectivity index (χ0) is 23.8. The minimum Gasteiger partial charge on any atom is -0.0654 e. The molecular formula is C34H38. The van der Waals surface area contributed by atoms with Crippen molar-refractivity contribution in [3.63, 3.8) is 0 Å². The van der Waals surface area contributed by atoms with Gasteiger partial charge < -0.3 is 0 Å². The summed E-state index contributed by atoms with van der Waals surface area (Å²) in [6.07, 6.45) is 24.4. The minimum atomic E-state index is 1.18. The molecule has 0 saturated carbocycles. The van der Waals surface area contributed by atoms with E-state index in [9.17, 15) is 0 Å². The van der Waals surface area contributed by atoms with Crippen molar-refractivity contribution in [3.05, 3.63) is 130 Å². The maximum atomic E-state index is 2.24. The first-order valence-electron chi connectivity index (χ1n) is 12.7. The number of rotatable bonds is 12. The molecule has 0 fully saturated rings. The maximum absolute atomic E-state index is 2.24. The Morgan fingerprint density at radius 1 is 0.412 bits per heavy atom. The zero-order valence-corrected chi connectivity index (χ0v) is 20.8. The predicted molar refractivity (Wildman–Crippen MR) is 153 cm³/mol. The van der Waals surface area contributed by atoms with E-state index in [0.29, 0.717) is 0 Å². The highest BCUT2D eigenvalue weighted by Gasteiger charge is 1.93. The van der Waals surface area contributed by atoms with Gasteiger partial charge in [0.25, 0.3) is 0 Å². The van der Waals surface area contributed by atoms with E-state index in [4.69, 9.17) is 0 Å². The summed E-state index contributed by atoms with van der Waals surface area (Å²) in [4.78, 5) is 0. The van der Waals surface area contributed by atoms with Crippen LogP contribution in [0.25, 0.3) is 24.3 Å². The van der Waals surface area contributed by atoms with Crippen molar-refractivity contribution < 1.29 is 0 Å². The van der Waals surface area contributed by atoms with E-state index < -0.39 is 0 Å². The van der Waals surface area contributed by atoms with Gasteiger partial charge in [-0.1, -0.05) is 148 Å². The Kier molecular flexibility index (Phi) is 10.9. The normalized spacial score (nSPS) is 12.1. The van der Waals surface area contributed by atoms with E-state index in [-0.39, 0.29) is 0 Å². The number of benzene rings is 3. The van der Waals surface area contributed by atoms with Crippen LogP contribution in [0.15, 0.2) is 97.1 Å². The van der Waals surface area contributed by atoms with Gasteiger partial charge >= 0.3 is 0 Å². The van der Waals surface area contributed by atoms with Crippen molar-refractivity contribution in [1.29, 1.82) is 0 Å². The van der Waals surface area contributed by atoms with Crippen molar-refractivity contribution in [2.75, 3.05) is 0 Å². The first kappa shape index (κ1) is 25.2. The molecule has 0 bridgehead atoms. The third-order valence-corrected chi connectivity index (χ3v) is 5.91. The highest BCUT2D eigenvalue weighted by molar-refractivity contribution is 5.61. The third-order valence-electron chi connectivity index (χ3n) is 5.91. The molecule has 0 aliphatic heterocycles. The quantitative estimate of drug-likeness (QED) is 0.243. The molecule has 3 aromatic rings. The molecule has 0 heterocycles. The van der Waals surface area contributed by atoms with Crippen LogP contribution in [0.3, 0.4) is 0 Å². The Labute approximate surface area is 207 Å². The highest BCUT2D eigenvalue weighted by Crippen LogP contribution is 2.12. The Bertz CT molecular complexity index is 982. The molecule has 174 valence electrons. The van der Waals surface area contributed by atoms with Gasteiger partial charge in [0.05, 0.1) is 0 Å². The molecule has 0 amide bonds. The monoisotopic (exact) mass is 446 g/mol. The summed E-state index contributed by atoms with van der Waals surface area (Å²) in [5.41, 5.74) is 7.74. The SMILES string of the molecule is CCCCc1ccc(C=CC=Cc2ccc(C=CC=Cc3ccc(CCCC)cc3)cc2)cc1. The summed E-state index contributed by atoms with van der Waals surface area (Å²) in [7, 11) is 0. The van der Waals surface area contributed by atoms with Gasteiger partial charge in [-0.05, 0) is 59.1 Å². The summed E-state index contributed by atoms with van der Waals surface area (Å²) in [6, 6.07) is 26.4. The van der Waals surface area contributed by atoms with E-state index in [1.54, 1.807) is 0 Å². The number of hydrogen-bond donors (Lipinski definition) is 0. The van der Waals surface area contributed by atoms with Crippen LogP contribution in [0.5, 0.6) is 0 Å². The van der Waals surface area contributed by atoms with Gasteiger partial charge in [-0.3, -0.25) is 0 Å². The molecule has 0 radical (unpaired) electrons. The van der Waals surface area contributed by atoms with Crippen LogP contribution in [0.2, 0.25) is 0 Å². The topological polar surface area (TPSA) is 0 Å². The highest BCUT2D eigenvalue weighted by atomic mass is 14.0. The average Bonchev–Trinajstić information content (AvgIpc) is 2.89. The van der Waals surface area contributed by atoms with Crippen LogP contribution < -0.4 is 0 Å². The maximum Gasteiger partial charge on any atom is -0.0256 e. The Morgan fingerprint density at radius 3 is 0.941 bits per heavy atom. The van der Waals surface area contributed by atoms with Crippen LogP contribution in [0.4, 0.5) is 0 Å². The molecule has 0 unspecified atom stereocenters. The molecule has 0 nitrogen and oxygen atoms in total. The fourth-order valence-electron chi connectivity index (χ4n) is 3.74. The smallest absolute Gasteiger partial charge is 0.0256 e. The van der Waals surface area contributed by atoms with Gasteiger partial charge in [0, 0.05) is 0 Å². The molecule has 0 saturated heterocycles. The number of unbranched alkanes of at least 4 members (excludes halogenated alkanes) is 2. The predicted octanol–water partition coefficient (Wildman–Crippen LogP) is 9.82. The molecule has 34 heavy (non-hydrogen) atoms. The van der Waals surface area contributed by atoms with E-state index in [2.05, 4.69) is 135 Å². The van der Waals surface area contributed by atoms with Crippen LogP contribution in [-0.4, -0.2) is 0 Å². The second kappa shape index (κ2) is 14.7. The Hall–Kier alpha value is -3.38. The fraction of sp³-hybridized carbons (Fsp3) is 0.235. The summed E-state index contributed by atoms with van der Waals surface area (Å²) in [5, 5.41) is 0. The molecule has 3 rings (SSSR count). The van der Waals surface area contributed by atoms with E-state index >= 15 is 0 Å². The van der Waals surface area contributed by atoms with Crippen molar-refractivity contribution in [3.8, 4) is 0 Å². The van der Waals surface area contributed by atoms with Crippen LogP contribution in [-0.2, 0) is 12.8 Å². The first-order chi connectivity index (χ1) is 16.8. The van der Waals surface area contributed by atoms with Crippen molar-refractivity contribution in [2.24, 2.45) is 0 Å². The molecule has 0 heteroatoms. The van der Waals surface area contributed by atoms with Crippen LogP contribution in [0.1, 0.15) is 72.9 Å². The standard InChI is InChI=1S/C34H38/c1-3-5-11-29-17-21-31(22-18-29)13-7-9-15-33-25-27-34(28-26-33)16-10-8-14-32-23-19-30(20-24-32)12-6-4-2/h7-10,13-28H,3-6,11-12H2,1-2H3. The number of allylic oxidation sites excluding steroid dienone is 4. The molecule has 0 N–H and O–H groups in total. The zero-order valence-electron chi connectivity index (χ0n) is 20.8. The van der Waals surface area contributed by atoms with E-state index in [1.807, 2.05) is 0 Å². The van der Waals surface area contributed by atoms with Gasteiger partial charge in [0.1, 0.15) is 0 Å². The lowest BCUT2D eigenvalue weighted by Crippen LogP contribution is -1.83. The Balaban J connectivity index is 1.46. The summed E-state index contributed by atoms with van der Waals surface area (Å²) >= 11 is 0. The molecule has 0 aromatic heterocycles. The van der Waals surface area contributed by atoms with Crippen molar-refractivity contribution in [2.45, 2.75) is 52.4 Å². The van der Waals surface area contributed by atoms with Crippen LogP contribution in [0, 0.1) is 0 Å².